The molecule has 0 spiro atoms. The number of H-pyrrole nitrogens is 1. The molecule has 0 amide bonds. The van der Waals surface area contributed by atoms with Gasteiger partial charge in [-0.15, -0.1) is 0 Å². The van der Waals surface area contributed by atoms with Crippen LogP contribution in [0.15, 0.2) is 38.0 Å². The van der Waals surface area contributed by atoms with Crippen LogP contribution in [0.25, 0.3) is 21.8 Å². The van der Waals surface area contributed by atoms with E-state index in [1.807, 2.05) is 13.8 Å². The molecule has 10 heteroatoms. The largest absolute Gasteiger partial charge is 0.310 e. The lowest BCUT2D eigenvalue weighted by Gasteiger charge is -2.04. The van der Waals surface area contributed by atoms with Gasteiger partial charge in [0.1, 0.15) is 27.8 Å². The van der Waals surface area contributed by atoms with Crippen LogP contribution in [0.4, 0.5) is 8.78 Å². The van der Waals surface area contributed by atoms with E-state index in [0.29, 0.717) is 38.8 Å². The van der Waals surface area contributed by atoms with E-state index in [1.165, 1.54) is 12.1 Å². The number of benzene rings is 2. The highest BCUT2D eigenvalue weighted by Gasteiger charge is 2.10. The average molecular weight is 561 g/mol. The van der Waals surface area contributed by atoms with Gasteiger partial charge in [-0.25, -0.2) is 23.7 Å². The summed E-state index contributed by atoms with van der Waals surface area (Å²) in [6.45, 7) is 3.75. The Bertz CT molecular complexity index is 1310. The lowest BCUT2D eigenvalue weighted by Crippen LogP contribution is -2.12. The van der Waals surface area contributed by atoms with E-state index < -0.39 is 11.6 Å². The lowest BCUT2D eigenvalue weighted by atomic mass is 10.2. The van der Waals surface area contributed by atoms with Crippen LogP contribution in [-0.2, 0) is 12.8 Å². The molecule has 2 heterocycles. The van der Waals surface area contributed by atoms with Crippen LogP contribution >= 0.6 is 43.5 Å². The van der Waals surface area contributed by atoms with Gasteiger partial charge in [0, 0.05) is 27.2 Å². The highest BCUT2D eigenvalue weighted by atomic mass is 79.9. The van der Waals surface area contributed by atoms with Gasteiger partial charge in [0.15, 0.2) is 11.6 Å². The van der Waals surface area contributed by atoms with Crippen LogP contribution in [0, 0.1) is 11.6 Å². The first kappa shape index (κ1) is 22.7. The van der Waals surface area contributed by atoms with Gasteiger partial charge in [-0.1, -0.05) is 57.3 Å². The highest BCUT2D eigenvalue weighted by Crippen LogP contribution is 2.26. The Hall–Kier alpha value is -1.97. The predicted octanol–water partition coefficient (Wildman–Crippen LogP) is 6.13. The van der Waals surface area contributed by atoms with E-state index in [0.717, 1.165) is 0 Å². The zero-order valence-electron chi connectivity index (χ0n) is 15.9. The summed E-state index contributed by atoms with van der Waals surface area (Å²) in [5, 5.41) is 1.08. The lowest BCUT2D eigenvalue weighted by molar-refractivity contribution is 0.634. The first-order valence-corrected chi connectivity index (χ1v) is 10.9. The fourth-order valence-electron chi connectivity index (χ4n) is 2.70. The summed E-state index contributed by atoms with van der Waals surface area (Å²) in [4.78, 5) is 26.4. The number of aryl methyl sites for hydroxylation is 2. The molecule has 30 heavy (non-hydrogen) atoms. The van der Waals surface area contributed by atoms with Crippen molar-refractivity contribution in [1.82, 2.24) is 19.9 Å². The van der Waals surface area contributed by atoms with Crippen molar-refractivity contribution in [3.05, 3.63) is 72.0 Å². The smallest absolute Gasteiger partial charge is 0.258 e. The number of halogens is 5. The number of aromatic nitrogens is 4. The van der Waals surface area contributed by atoms with Crippen LogP contribution < -0.4 is 5.56 Å². The molecule has 0 aliphatic heterocycles. The fraction of sp³-hybridized carbons (Fsp3) is 0.200. The summed E-state index contributed by atoms with van der Waals surface area (Å²) in [5.74, 6) is 0.168. The number of hydrogen-bond acceptors (Lipinski definition) is 4. The van der Waals surface area contributed by atoms with Crippen LogP contribution in [0.2, 0.25) is 5.15 Å². The van der Waals surface area contributed by atoms with Gasteiger partial charge in [-0.2, -0.15) is 0 Å². The number of aromatic amines is 1. The van der Waals surface area contributed by atoms with Gasteiger partial charge in [-0.05, 0) is 24.3 Å². The first-order chi connectivity index (χ1) is 14.2. The van der Waals surface area contributed by atoms with Crippen molar-refractivity contribution in [3.63, 3.8) is 0 Å². The average Bonchev–Trinajstić information content (AvgIpc) is 2.69. The summed E-state index contributed by atoms with van der Waals surface area (Å²) in [6.07, 6.45) is 1.20. The molecule has 0 bridgehead atoms. The molecular weight excluding hydrogens is 546 g/mol. The van der Waals surface area contributed by atoms with Crippen LogP contribution in [-0.4, -0.2) is 19.9 Å². The molecule has 0 saturated heterocycles. The van der Waals surface area contributed by atoms with Crippen molar-refractivity contribution >= 4 is 65.3 Å². The molecule has 2 aromatic carbocycles. The van der Waals surface area contributed by atoms with Crippen molar-refractivity contribution in [1.29, 1.82) is 0 Å². The third kappa shape index (κ3) is 4.84. The highest BCUT2D eigenvalue weighted by molar-refractivity contribution is 9.10. The molecule has 0 atom stereocenters. The Balaban J connectivity index is 0.000000171. The third-order valence-corrected chi connectivity index (χ3v) is 5.35. The maximum Gasteiger partial charge on any atom is 0.258 e. The molecule has 0 unspecified atom stereocenters. The maximum absolute atomic E-state index is 13.6. The molecule has 0 aliphatic carbocycles. The zero-order valence-corrected chi connectivity index (χ0v) is 19.8. The summed E-state index contributed by atoms with van der Waals surface area (Å²) in [6, 6.07) is 5.93. The Morgan fingerprint density at radius 2 is 1.47 bits per heavy atom. The third-order valence-electron chi connectivity index (χ3n) is 4.15. The number of nitrogens with zero attached hydrogens (tertiary/aromatic N) is 3. The summed E-state index contributed by atoms with van der Waals surface area (Å²) in [7, 11) is 0. The molecule has 2 aromatic heterocycles. The molecule has 1 N–H and O–H groups in total. The van der Waals surface area contributed by atoms with Gasteiger partial charge in [0.05, 0.1) is 5.39 Å². The summed E-state index contributed by atoms with van der Waals surface area (Å²) in [5.41, 5.74) is 0.0888. The molecule has 0 aliphatic rings. The minimum Gasteiger partial charge on any atom is -0.310 e. The van der Waals surface area contributed by atoms with Crippen molar-refractivity contribution in [2.24, 2.45) is 0 Å². The van der Waals surface area contributed by atoms with E-state index in [-0.39, 0.29) is 27.1 Å². The van der Waals surface area contributed by atoms with E-state index in [2.05, 4.69) is 51.8 Å². The van der Waals surface area contributed by atoms with E-state index in [1.54, 1.807) is 12.1 Å². The molecule has 0 fully saturated rings. The van der Waals surface area contributed by atoms with Crippen LogP contribution in [0.3, 0.4) is 0 Å². The Morgan fingerprint density at radius 3 is 2.03 bits per heavy atom. The van der Waals surface area contributed by atoms with E-state index in [9.17, 15) is 13.6 Å². The van der Waals surface area contributed by atoms with E-state index in [4.69, 9.17) is 11.6 Å². The second kappa shape index (κ2) is 9.45. The molecule has 156 valence electrons. The van der Waals surface area contributed by atoms with Gasteiger partial charge >= 0.3 is 0 Å². The van der Waals surface area contributed by atoms with Gasteiger partial charge in [-0.3, -0.25) is 4.79 Å². The van der Waals surface area contributed by atoms with Crippen molar-refractivity contribution in [3.8, 4) is 0 Å². The van der Waals surface area contributed by atoms with Gasteiger partial charge < -0.3 is 4.98 Å². The standard InChI is InChI=1S/C10H7BrClFN2.C10H8BrFN2O/c1-2-8-14-9-6(10(12)15-8)3-5(11)4-7(9)13;1-2-8-13-9-6(10(15)14-8)3-5(11)4-7(9)12/h3-4H,2H2,1H3;3-4H,2H2,1H3,(H,13,14,15). The fourth-order valence-corrected chi connectivity index (χ4v) is 3.81. The topological polar surface area (TPSA) is 71.5 Å². The Morgan fingerprint density at radius 1 is 0.900 bits per heavy atom. The monoisotopic (exact) mass is 558 g/mol. The minimum absolute atomic E-state index is 0.124. The SMILES string of the molecule is CCc1nc(Cl)c2cc(Br)cc(F)c2n1.CCc1nc2c(F)cc(Br)cc2c(=O)[nH]1. The second-order valence-electron chi connectivity index (χ2n) is 6.22. The predicted molar refractivity (Wildman–Crippen MR) is 121 cm³/mol. The molecular formula is C20H15Br2ClF2N4O. The second-order valence-corrected chi connectivity index (χ2v) is 8.41. The van der Waals surface area contributed by atoms with Crippen LogP contribution in [0.5, 0.6) is 0 Å². The van der Waals surface area contributed by atoms with Crippen LogP contribution in [0.1, 0.15) is 25.5 Å². The number of fused-ring (bicyclic) bond motifs is 2. The normalized spacial score (nSPS) is 10.9. The number of nitrogens with one attached hydrogen (secondary N) is 1. The zero-order chi connectivity index (χ0) is 22.0. The van der Waals surface area contributed by atoms with Gasteiger partial charge in [0.2, 0.25) is 0 Å². The molecule has 0 radical (unpaired) electrons. The molecule has 0 saturated carbocycles. The van der Waals surface area contributed by atoms with Gasteiger partial charge in [0.25, 0.3) is 5.56 Å². The number of hydrogen-bond donors (Lipinski definition) is 1. The molecule has 4 rings (SSSR count). The Labute approximate surface area is 192 Å². The summed E-state index contributed by atoms with van der Waals surface area (Å²) < 4.78 is 28.2. The Kier molecular flexibility index (Phi) is 7.15. The van der Waals surface area contributed by atoms with Crippen molar-refractivity contribution in [2.45, 2.75) is 26.7 Å². The number of rotatable bonds is 2. The summed E-state index contributed by atoms with van der Waals surface area (Å²) >= 11 is 12.3. The van der Waals surface area contributed by atoms with Crippen molar-refractivity contribution in [2.75, 3.05) is 0 Å². The molecule has 5 nitrogen and oxygen atoms in total. The van der Waals surface area contributed by atoms with E-state index >= 15 is 0 Å². The molecule has 4 aromatic rings. The first-order valence-electron chi connectivity index (χ1n) is 8.92. The van der Waals surface area contributed by atoms with Crippen molar-refractivity contribution < 1.29 is 8.78 Å². The maximum atomic E-state index is 13.6. The minimum atomic E-state index is -0.486. The quantitative estimate of drug-likeness (QED) is 0.299.